The number of hydrogen-bond donors (Lipinski definition) is 2. The molecule has 0 aliphatic carbocycles. The van der Waals surface area contributed by atoms with E-state index in [0.29, 0.717) is 12.4 Å². The van der Waals surface area contributed by atoms with Crippen LogP contribution in [0.15, 0.2) is 12.4 Å². The normalized spacial score (nSPS) is 11.5. The fraction of sp³-hybridized carbons (Fsp3) is 0.636. The number of nitrogens with zero attached hydrogens (tertiary/aromatic N) is 2. The van der Waals surface area contributed by atoms with Gasteiger partial charge in [-0.15, -0.1) is 0 Å². The van der Waals surface area contributed by atoms with Gasteiger partial charge in [0.25, 0.3) is 5.91 Å². The summed E-state index contributed by atoms with van der Waals surface area (Å²) < 4.78 is 1.69. The average molecular weight is 224 g/mol. The molecule has 0 saturated heterocycles. The monoisotopic (exact) mass is 224 g/mol. The predicted octanol–water partition coefficient (Wildman–Crippen LogP) is 0.667. The molecule has 1 rings (SSSR count). The maximum absolute atomic E-state index is 11.8. The quantitative estimate of drug-likeness (QED) is 0.772. The molecule has 16 heavy (non-hydrogen) atoms. The standard InChI is InChI=1S/C11H20N4O/c1-4-11(12,5-2)8-14-10(16)9-13-6-7-15(9)3/h6-7H,4-5,8,12H2,1-3H3,(H,14,16). The molecule has 0 bridgehead atoms. The molecule has 1 amide bonds. The van der Waals surface area contributed by atoms with E-state index < -0.39 is 0 Å². The first-order valence-electron chi connectivity index (χ1n) is 5.57. The minimum absolute atomic E-state index is 0.177. The topological polar surface area (TPSA) is 72.9 Å². The van der Waals surface area contributed by atoms with Crippen molar-refractivity contribution in [2.45, 2.75) is 32.2 Å². The molecule has 0 saturated carbocycles. The van der Waals surface area contributed by atoms with Crippen LogP contribution in [0.3, 0.4) is 0 Å². The van der Waals surface area contributed by atoms with Gasteiger partial charge in [0.05, 0.1) is 0 Å². The number of amides is 1. The lowest BCUT2D eigenvalue weighted by Crippen LogP contribution is -2.49. The Bertz CT molecular complexity index is 355. The number of nitrogens with two attached hydrogens (primary N) is 1. The van der Waals surface area contributed by atoms with Crippen LogP contribution >= 0.6 is 0 Å². The molecule has 0 spiro atoms. The molecule has 0 unspecified atom stereocenters. The fourth-order valence-electron chi connectivity index (χ4n) is 1.42. The zero-order valence-electron chi connectivity index (χ0n) is 10.2. The summed E-state index contributed by atoms with van der Waals surface area (Å²) in [6.45, 7) is 4.53. The van der Waals surface area contributed by atoms with Crippen molar-refractivity contribution in [3.63, 3.8) is 0 Å². The van der Waals surface area contributed by atoms with Gasteiger partial charge < -0.3 is 15.6 Å². The van der Waals surface area contributed by atoms with E-state index >= 15 is 0 Å². The lowest BCUT2D eigenvalue weighted by Gasteiger charge is -2.26. The van der Waals surface area contributed by atoms with E-state index in [4.69, 9.17) is 5.73 Å². The van der Waals surface area contributed by atoms with E-state index in [-0.39, 0.29) is 11.4 Å². The first kappa shape index (κ1) is 12.7. The molecule has 0 aliphatic rings. The molecule has 3 N–H and O–H groups in total. The van der Waals surface area contributed by atoms with Gasteiger partial charge in [-0.25, -0.2) is 4.98 Å². The minimum atomic E-state index is -0.319. The molecule has 90 valence electrons. The van der Waals surface area contributed by atoms with Crippen molar-refractivity contribution >= 4 is 5.91 Å². The van der Waals surface area contributed by atoms with Crippen LogP contribution < -0.4 is 11.1 Å². The molecule has 0 radical (unpaired) electrons. The highest BCUT2D eigenvalue weighted by Crippen LogP contribution is 2.09. The minimum Gasteiger partial charge on any atom is -0.348 e. The van der Waals surface area contributed by atoms with Crippen molar-refractivity contribution in [3.05, 3.63) is 18.2 Å². The third-order valence-corrected chi connectivity index (χ3v) is 3.03. The molecule has 0 aliphatic heterocycles. The van der Waals surface area contributed by atoms with Crippen molar-refractivity contribution in [1.82, 2.24) is 14.9 Å². The second-order valence-corrected chi connectivity index (χ2v) is 4.11. The van der Waals surface area contributed by atoms with Crippen LogP contribution in [0.4, 0.5) is 0 Å². The SMILES string of the molecule is CCC(N)(CC)CNC(=O)c1nccn1C. The summed E-state index contributed by atoms with van der Waals surface area (Å²) in [5.41, 5.74) is 5.78. The summed E-state index contributed by atoms with van der Waals surface area (Å²) in [6, 6.07) is 0. The van der Waals surface area contributed by atoms with Gasteiger partial charge in [-0.3, -0.25) is 4.79 Å². The second-order valence-electron chi connectivity index (χ2n) is 4.11. The van der Waals surface area contributed by atoms with Gasteiger partial charge in [0.1, 0.15) is 0 Å². The summed E-state index contributed by atoms with van der Waals surface area (Å²) >= 11 is 0. The van der Waals surface area contributed by atoms with Crippen LogP contribution in [0.5, 0.6) is 0 Å². The number of nitrogens with one attached hydrogen (secondary N) is 1. The Morgan fingerprint density at radius 2 is 2.19 bits per heavy atom. The Morgan fingerprint density at radius 1 is 1.56 bits per heavy atom. The highest BCUT2D eigenvalue weighted by atomic mass is 16.2. The van der Waals surface area contributed by atoms with Crippen LogP contribution in [0, 0.1) is 0 Å². The molecule has 5 nitrogen and oxygen atoms in total. The Labute approximate surface area is 96.0 Å². The van der Waals surface area contributed by atoms with Gasteiger partial charge >= 0.3 is 0 Å². The summed E-state index contributed by atoms with van der Waals surface area (Å²) in [6.07, 6.45) is 5.02. The van der Waals surface area contributed by atoms with E-state index in [0.717, 1.165) is 12.8 Å². The Balaban J connectivity index is 2.57. The van der Waals surface area contributed by atoms with Crippen molar-refractivity contribution < 1.29 is 4.79 Å². The largest absolute Gasteiger partial charge is 0.348 e. The smallest absolute Gasteiger partial charge is 0.287 e. The number of hydrogen-bond acceptors (Lipinski definition) is 3. The summed E-state index contributed by atoms with van der Waals surface area (Å²) in [5, 5.41) is 2.82. The first-order chi connectivity index (χ1) is 7.52. The number of aryl methyl sites for hydroxylation is 1. The number of carbonyl (C=O) groups excluding carboxylic acids is 1. The van der Waals surface area contributed by atoms with Crippen LogP contribution in [0.2, 0.25) is 0 Å². The third-order valence-electron chi connectivity index (χ3n) is 3.03. The van der Waals surface area contributed by atoms with E-state index in [2.05, 4.69) is 10.3 Å². The summed E-state index contributed by atoms with van der Waals surface area (Å²) in [5.74, 6) is 0.235. The number of aromatic nitrogens is 2. The zero-order chi connectivity index (χ0) is 12.2. The van der Waals surface area contributed by atoms with Gasteiger partial charge in [-0.05, 0) is 12.8 Å². The van der Waals surface area contributed by atoms with Gasteiger partial charge in [-0.1, -0.05) is 13.8 Å². The maximum Gasteiger partial charge on any atom is 0.287 e. The Kier molecular flexibility index (Phi) is 4.06. The molecule has 0 aromatic carbocycles. The summed E-state index contributed by atoms with van der Waals surface area (Å²) in [4.78, 5) is 15.7. The molecular weight excluding hydrogens is 204 g/mol. The molecular formula is C11H20N4O. The van der Waals surface area contributed by atoms with Gasteiger partial charge in [0.2, 0.25) is 0 Å². The summed E-state index contributed by atoms with van der Waals surface area (Å²) in [7, 11) is 1.79. The van der Waals surface area contributed by atoms with Gasteiger partial charge in [-0.2, -0.15) is 0 Å². The molecule has 5 heteroatoms. The number of rotatable bonds is 5. The van der Waals surface area contributed by atoms with Crippen LogP contribution in [-0.4, -0.2) is 27.5 Å². The van der Waals surface area contributed by atoms with Crippen molar-refractivity contribution in [1.29, 1.82) is 0 Å². The zero-order valence-corrected chi connectivity index (χ0v) is 10.2. The third kappa shape index (κ3) is 2.82. The van der Waals surface area contributed by atoms with E-state index in [1.807, 2.05) is 13.8 Å². The van der Waals surface area contributed by atoms with Crippen molar-refractivity contribution in [3.8, 4) is 0 Å². The average Bonchev–Trinajstić information content (AvgIpc) is 2.72. The molecule has 1 heterocycles. The van der Waals surface area contributed by atoms with E-state index in [9.17, 15) is 4.79 Å². The first-order valence-corrected chi connectivity index (χ1v) is 5.57. The van der Waals surface area contributed by atoms with Gasteiger partial charge in [0, 0.05) is 31.5 Å². The maximum atomic E-state index is 11.8. The van der Waals surface area contributed by atoms with Crippen LogP contribution in [0.25, 0.3) is 0 Å². The Hall–Kier alpha value is -1.36. The Morgan fingerprint density at radius 3 is 2.62 bits per heavy atom. The lowest BCUT2D eigenvalue weighted by molar-refractivity contribution is 0.0928. The van der Waals surface area contributed by atoms with Crippen molar-refractivity contribution in [2.24, 2.45) is 12.8 Å². The molecule has 1 aromatic rings. The second kappa shape index (κ2) is 5.12. The van der Waals surface area contributed by atoms with Crippen LogP contribution in [0.1, 0.15) is 37.3 Å². The predicted molar refractivity (Wildman–Crippen MR) is 63.0 cm³/mol. The van der Waals surface area contributed by atoms with Crippen LogP contribution in [-0.2, 0) is 7.05 Å². The highest BCUT2D eigenvalue weighted by molar-refractivity contribution is 5.90. The van der Waals surface area contributed by atoms with E-state index in [1.165, 1.54) is 0 Å². The lowest BCUT2D eigenvalue weighted by atomic mass is 9.94. The molecule has 0 atom stereocenters. The fourth-order valence-corrected chi connectivity index (χ4v) is 1.42. The molecule has 0 fully saturated rings. The van der Waals surface area contributed by atoms with E-state index in [1.54, 1.807) is 24.0 Å². The highest BCUT2D eigenvalue weighted by Gasteiger charge is 2.22. The van der Waals surface area contributed by atoms with Gasteiger partial charge in [0.15, 0.2) is 5.82 Å². The number of imidazole rings is 1. The number of carbonyl (C=O) groups is 1. The molecule has 1 aromatic heterocycles. The van der Waals surface area contributed by atoms with Crippen molar-refractivity contribution in [2.75, 3.05) is 6.54 Å².